The zero-order valence-electron chi connectivity index (χ0n) is 4.37. The van der Waals surface area contributed by atoms with E-state index in [2.05, 4.69) is 15.9 Å². The van der Waals surface area contributed by atoms with Crippen molar-refractivity contribution in [3.63, 3.8) is 0 Å². The molecule has 0 saturated heterocycles. The summed E-state index contributed by atoms with van der Waals surface area (Å²) in [5.74, 6) is 0.227. The van der Waals surface area contributed by atoms with Gasteiger partial charge in [0.25, 0.3) is 0 Å². The number of nitro groups is 1. The molecular weight excluding hydrogens is 174 g/mol. The lowest BCUT2D eigenvalue weighted by atomic mass is 10.5. The van der Waals surface area contributed by atoms with Crippen molar-refractivity contribution < 1.29 is 4.92 Å². The summed E-state index contributed by atoms with van der Waals surface area (Å²) >= 11 is 3.17. The summed E-state index contributed by atoms with van der Waals surface area (Å²) in [6.07, 6.45) is 0. The van der Waals surface area contributed by atoms with Gasteiger partial charge in [-0.25, -0.2) is 0 Å². The van der Waals surface area contributed by atoms with Crippen molar-refractivity contribution >= 4 is 15.9 Å². The van der Waals surface area contributed by atoms with Crippen molar-refractivity contribution in [2.75, 3.05) is 0 Å². The number of rotatable bonds is 1. The van der Waals surface area contributed by atoms with Gasteiger partial charge < -0.3 is 0 Å². The Kier molecular flexibility index (Phi) is 1.27. The molecule has 0 aromatic carbocycles. The molecule has 0 aliphatic heterocycles. The predicted octanol–water partition coefficient (Wildman–Crippen LogP) is 1.04. The third-order valence-electron chi connectivity index (χ3n) is 1.47. The fraction of sp³-hybridized carbons (Fsp3) is 1.00. The zero-order chi connectivity index (χ0) is 6.31. The van der Waals surface area contributed by atoms with Crippen LogP contribution in [-0.4, -0.2) is 15.8 Å². The molecule has 3 nitrogen and oxygen atoms in total. The molecule has 1 fully saturated rings. The Morgan fingerprint density at radius 2 is 2.12 bits per heavy atom. The molecule has 0 N–H and O–H groups in total. The van der Waals surface area contributed by atoms with Crippen molar-refractivity contribution in [1.82, 2.24) is 0 Å². The molecule has 4 heteroatoms. The highest BCUT2D eigenvalue weighted by Gasteiger charge is 2.55. The first-order valence-electron chi connectivity index (χ1n) is 2.42. The van der Waals surface area contributed by atoms with E-state index in [0.29, 0.717) is 0 Å². The molecule has 1 aliphatic carbocycles. The third kappa shape index (κ3) is 0.727. The summed E-state index contributed by atoms with van der Waals surface area (Å²) in [7, 11) is 0. The molecule has 0 unspecified atom stereocenters. The van der Waals surface area contributed by atoms with Crippen LogP contribution in [-0.2, 0) is 0 Å². The Labute approximate surface area is 55.3 Å². The molecule has 0 spiro atoms. The Hall–Kier alpha value is -0.120. The van der Waals surface area contributed by atoms with Crippen LogP contribution in [0.15, 0.2) is 0 Å². The van der Waals surface area contributed by atoms with E-state index in [1.807, 2.05) is 6.92 Å². The van der Waals surface area contributed by atoms with Crippen LogP contribution in [0, 0.1) is 16.0 Å². The standard InChI is InChI=1S/C4H6BrNO2/c1-2-3(5)4(2)6(7)8/h2-4H,1H3/t2-,3+,4-/m0/s1. The Morgan fingerprint density at radius 1 is 1.75 bits per heavy atom. The van der Waals surface area contributed by atoms with E-state index in [1.54, 1.807) is 0 Å². The van der Waals surface area contributed by atoms with Gasteiger partial charge in [0.2, 0.25) is 6.04 Å². The molecule has 1 saturated carbocycles. The molecule has 1 rings (SSSR count). The van der Waals surface area contributed by atoms with E-state index in [9.17, 15) is 10.1 Å². The molecule has 46 valence electrons. The quantitative estimate of drug-likeness (QED) is 0.343. The normalized spacial score (nSPS) is 44.0. The fourth-order valence-electron chi connectivity index (χ4n) is 0.702. The van der Waals surface area contributed by atoms with Gasteiger partial charge in [0.15, 0.2) is 0 Å². The Bertz CT molecular complexity index is 119. The molecule has 1 aliphatic rings. The molecule has 0 heterocycles. The Morgan fingerprint density at radius 3 is 2.12 bits per heavy atom. The minimum absolute atomic E-state index is 0.123. The molecule has 0 aromatic heterocycles. The second kappa shape index (κ2) is 1.69. The third-order valence-corrected chi connectivity index (χ3v) is 2.85. The first-order chi connectivity index (χ1) is 3.64. The van der Waals surface area contributed by atoms with Crippen molar-refractivity contribution in [1.29, 1.82) is 0 Å². The SMILES string of the molecule is C[C@H]1[C@@H](Br)[C@H]1[N+](=O)[O-]. The molecule has 0 bridgehead atoms. The largest absolute Gasteiger partial charge is 0.264 e. The van der Waals surface area contributed by atoms with Crippen LogP contribution in [0.3, 0.4) is 0 Å². The lowest BCUT2D eigenvalue weighted by molar-refractivity contribution is -0.497. The minimum atomic E-state index is -0.324. The molecular formula is C4H6BrNO2. The van der Waals surface area contributed by atoms with Gasteiger partial charge in [-0.05, 0) is 0 Å². The molecule has 8 heavy (non-hydrogen) atoms. The van der Waals surface area contributed by atoms with E-state index in [1.165, 1.54) is 0 Å². The molecule has 0 aromatic rings. The monoisotopic (exact) mass is 179 g/mol. The van der Waals surface area contributed by atoms with Crippen molar-refractivity contribution in [2.24, 2.45) is 5.92 Å². The maximum absolute atomic E-state index is 9.96. The minimum Gasteiger partial charge on any atom is -0.264 e. The van der Waals surface area contributed by atoms with Gasteiger partial charge in [0.05, 0.1) is 4.83 Å². The summed E-state index contributed by atoms with van der Waals surface area (Å²) in [6.45, 7) is 1.87. The summed E-state index contributed by atoms with van der Waals surface area (Å²) in [6, 6.07) is -0.324. The second-order valence-electron chi connectivity index (χ2n) is 2.08. The summed E-state index contributed by atoms with van der Waals surface area (Å²) < 4.78 is 0. The first-order valence-corrected chi connectivity index (χ1v) is 3.33. The van der Waals surface area contributed by atoms with Crippen molar-refractivity contribution in [2.45, 2.75) is 17.8 Å². The van der Waals surface area contributed by atoms with Crippen LogP contribution < -0.4 is 0 Å². The maximum atomic E-state index is 9.96. The van der Waals surface area contributed by atoms with E-state index >= 15 is 0 Å². The summed E-state index contributed by atoms with van der Waals surface area (Å²) in [5.41, 5.74) is 0. The van der Waals surface area contributed by atoms with Gasteiger partial charge in [0, 0.05) is 10.8 Å². The van der Waals surface area contributed by atoms with Crippen LogP contribution in [0.5, 0.6) is 0 Å². The van der Waals surface area contributed by atoms with Crippen molar-refractivity contribution in [3.05, 3.63) is 10.1 Å². The first kappa shape index (κ1) is 6.01. The number of hydrogen-bond acceptors (Lipinski definition) is 2. The molecule has 3 atom stereocenters. The van der Waals surface area contributed by atoms with Gasteiger partial charge in [0.1, 0.15) is 0 Å². The van der Waals surface area contributed by atoms with Gasteiger partial charge in [-0.1, -0.05) is 22.9 Å². The van der Waals surface area contributed by atoms with Crippen LogP contribution >= 0.6 is 15.9 Å². The van der Waals surface area contributed by atoms with Gasteiger partial charge in [-0.3, -0.25) is 10.1 Å². The van der Waals surface area contributed by atoms with Crippen LogP contribution in [0.25, 0.3) is 0 Å². The average Bonchev–Trinajstić information content (AvgIpc) is 2.15. The number of hydrogen-bond donors (Lipinski definition) is 0. The lowest BCUT2D eigenvalue weighted by Crippen LogP contribution is -2.03. The maximum Gasteiger partial charge on any atom is 0.229 e. The van der Waals surface area contributed by atoms with E-state index in [-0.39, 0.29) is 21.7 Å². The van der Waals surface area contributed by atoms with E-state index in [4.69, 9.17) is 0 Å². The molecule has 0 amide bonds. The topological polar surface area (TPSA) is 43.1 Å². The van der Waals surface area contributed by atoms with Crippen molar-refractivity contribution in [3.8, 4) is 0 Å². The summed E-state index contributed by atoms with van der Waals surface area (Å²) in [4.78, 5) is 9.85. The number of nitrogens with zero attached hydrogens (tertiary/aromatic N) is 1. The van der Waals surface area contributed by atoms with Crippen LogP contribution in [0.2, 0.25) is 0 Å². The number of alkyl halides is 1. The smallest absolute Gasteiger partial charge is 0.229 e. The van der Waals surface area contributed by atoms with E-state index < -0.39 is 0 Å². The highest BCUT2D eigenvalue weighted by Crippen LogP contribution is 2.39. The zero-order valence-corrected chi connectivity index (χ0v) is 5.96. The van der Waals surface area contributed by atoms with E-state index in [0.717, 1.165) is 0 Å². The van der Waals surface area contributed by atoms with Gasteiger partial charge in [-0.2, -0.15) is 0 Å². The van der Waals surface area contributed by atoms with Crippen LogP contribution in [0.4, 0.5) is 0 Å². The highest BCUT2D eigenvalue weighted by atomic mass is 79.9. The predicted molar refractivity (Wildman–Crippen MR) is 32.7 cm³/mol. The second-order valence-corrected chi connectivity index (χ2v) is 3.14. The fourth-order valence-corrected chi connectivity index (χ4v) is 1.51. The number of halogens is 1. The average molecular weight is 180 g/mol. The highest BCUT2D eigenvalue weighted by molar-refractivity contribution is 9.09. The van der Waals surface area contributed by atoms with Gasteiger partial charge >= 0.3 is 0 Å². The van der Waals surface area contributed by atoms with Gasteiger partial charge in [-0.15, -0.1) is 0 Å². The summed E-state index contributed by atoms with van der Waals surface area (Å²) in [5, 5.41) is 9.96. The Balaban J connectivity index is 2.44. The molecule has 0 radical (unpaired) electrons. The lowest BCUT2D eigenvalue weighted by Gasteiger charge is -1.81. The van der Waals surface area contributed by atoms with Crippen LogP contribution in [0.1, 0.15) is 6.92 Å².